The van der Waals surface area contributed by atoms with Gasteiger partial charge in [0, 0.05) is 0 Å². The molecule has 0 aromatic carbocycles. The summed E-state index contributed by atoms with van der Waals surface area (Å²) in [6.45, 7) is 0. The highest BCUT2D eigenvalue weighted by Crippen LogP contribution is 2.32. The molecule has 0 saturated heterocycles. The Labute approximate surface area is 89.6 Å². The van der Waals surface area contributed by atoms with Gasteiger partial charge in [-0.05, 0) is 18.8 Å². The Balaban J connectivity index is 2.55. The molecule has 1 atom stereocenters. The van der Waals surface area contributed by atoms with Gasteiger partial charge in [0.2, 0.25) is 0 Å². The average molecular weight is 214 g/mol. The van der Waals surface area contributed by atoms with Crippen molar-refractivity contribution in [2.24, 2.45) is 11.8 Å². The second-order valence-corrected chi connectivity index (χ2v) is 4.12. The number of carboxylic acid groups (broad SMARTS) is 1. The van der Waals surface area contributed by atoms with Crippen molar-refractivity contribution in [2.75, 3.05) is 7.11 Å². The number of carbonyl (C=O) groups is 2. The molecule has 1 fully saturated rings. The maximum absolute atomic E-state index is 11.1. The molecule has 0 aromatic rings. The largest absolute Gasteiger partial charge is 0.481 e. The lowest BCUT2D eigenvalue weighted by atomic mass is 9.78. The van der Waals surface area contributed by atoms with Gasteiger partial charge in [0.25, 0.3) is 0 Å². The van der Waals surface area contributed by atoms with Crippen LogP contribution in [0.2, 0.25) is 0 Å². The summed E-state index contributed by atoms with van der Waals surface area (Å²) in [7, 11) is 1.29. The molecule has 0 heterocycles. The SMILES string of the molecule is COC(=O)C[C@@H](C(=O)O)C1CCCCC1. The van der Waals surface area contributed by atoms with E-state index in [1.165, 1.54) is 13.5 Å². The first-order valence-corrected chi connectivity index (χ1v) is 5.44. The summed E-state index contributed by atoms with van der Waals surface area (Å²) in [4.78, 5) is 22.1. The smallest absolute Gasteiger partial charge is 0.307 e. The number of carbonyl (C=O) groups excluding carboxylic acids is 1. The van der Waals surface area contributed by atoms with E-state index in [1.54, 1.807) is 0 Å². The zero-order chi connectivity index (χ0) is 11.3. The minimum atomic E-state index is -0.868. The monoisotopic (exact) mass is 214 g/mol. The van der Waals surface area contributed by atoms with Gasteiger partial charge in [0.05, 0.1) is 19.4 Å². The molecule has 0 spiro atoms. The minimum absolute atomic E-state index is 0.0104. The Morgan fingerprint density at radius 3 is 2.40 bits per heavy atom. The lowest BCUT2D eigenvalue weighted by molar-refractivity contribution is -0.152. The van der Waals surface area contributed by atoms with Crippen LogP contribution in [0.15, 0.2) is 0 Å². The van der Waals surface area contributed by atoms with Crippen LogP contribution in [0, 0.1) is 11.8 Å². The molecule has 0 radical (unpaired) electrons. The first-order valence-electron chi connectivity index (χ1n) is 5.44. The molecule has 0 unspecified atom stereocenters. The van der Waals surface area contributed by atoms with Gasteiger partial charge in [-0.3, -0.25) is 9.59 Å². The molecule has 0 aromatic heterocycles. The molecule has 0 bridgehead atoms. The maximum Gasteiger partial charge on any atom is 0.307 e. The van der Waals surface area contributed by atoms with Gasteiger partial charge in [0.15, 0.2) is 0 Å². The predicted molar refractivity (Wildman–Crippen MR) is 54.3 cm³/mol. The van der Waals surface area contributed by atoms with Crippen LogP contribution in [0.1, 0.15) is 38.5 Å². The summed E-state index contributed by atoms with van der Waals surface area (Å²) in [6.07, 6.45) is 5.20. The van der Waals surface area contributed by atoms with Gasteiger partial charge in [-0.25, -0.2) is 0 Å². The number of ether oxygens (including phenoxy) is 1. The standard InChI is InChI=1S/C11H18O4/c1-15-10(12)7-9(11(13)14)8-5-3-2-4-6-8/h8-9H,2-7H2,1H3,(H,13,14)/t9-/m1/s1. The third-order valence-corrected chi connectivity index (χ3v) is 3.15. The van der Waals surface area contributed by atoms with Crippen LogP contribution in [0.3, 0.4) is 0 Å². The molecule has 0 amide bonds. The van der Waals surface area contributed by atoms with E-state index in [4.69, 9.17) is 5.11 Å². The average Bonchev–Trinajstić information content (AvgIpc) is 2.26. The molecule has 1 rings (SSSR count). The summed E-state index contributed by atoms with van der Waals surface area (Å²) in [5, 5.41) is 9.06. The van der Waals surface area contributed by atoms with E-state index >= 15 is 0 Å². The molecule has 86 valence electrons. The predicted octanol–water partition coefficient (Wildman–Crippen LogP) is 1.83. The van der Waals surface area contributed by atoms with Crippen molar-refractivity contribution < 1.29 is 19.4 Å². The number of methoxy groups -OCH3 is 1. The highest BCUT2D eigenvalue weighted by molar-refractivity contribution is 5.78. The van der Waals surface area contributed by atoms with Gasteiger partial charge in [0.1, 0.15) is 0 Å². The van der Waals surface area contributed by atoms with Crippen molar-refractivity contribution in [3.8, 4) is 0 Å². The molecular weight excluding hydrogens is 196 g/mol. The topological polar surface area (TPSA) is 63.6 Å². The Morgan fingerprint density at radius 2 is 1.93 bits per heavy atom. The van der Waals surface area contributed by atoms with E-state index < -0.39 is 17.9 Å². The van der Waals surface area contributed by atoms with E-state index in [1.807, 2.05) is 0 Å². The third-order valence-electron chi connectivity index (χ3n) is 3.15. The fourth-order valence-corrected chi connectivity index (χ4v) is 2.26. The summed E-state index contributed by atoms with van der Waals surface area (Å²) in [6, 6.07) is 0. The number of carboxylic acids is 1. The first kappa shape index (κ1) is 12.0. The fraction of sp³-hybridized carbons (Fsp3) is 0.818. The molecular formula is C11H18O4. The van der Waals surface area contributed by atoms with E-state index in [9.17, 15) is 9.59 Å². The molecule has 4 nitrogen and oxygen atoms in total. The molecule has 1 aliphatic carbocycles. The third kappa shape index (κ3) is 3.53. The van der Waals surface area contributed by atoms with Gasteiger partial charge < -0.3 is 9.84 Å². The first-order chi connectivity index (χ1) is 7.15. The minimum Gasteiger partial charge on any atom is -0.481 e. The summed E-state index contributed by atoms with van der Waals surface area (Å²) < 4.78 is 4.52. The van der Waals surface area contributed by atoms with E-state index in [2.05, 4.69) is 4.74 Å². The zero-order valence-corrected chi connectivity index (χ0v) is 9.07. The number of hydrogen-bond acceptors (Lipinski definition) is 3. The second kappa shape index (κ2) is 5.73. The highest BCUT2D eigenvalue weighted by Gasteiger charge is 2.31. The van der Waals surface area contributed by atoms with E-state index in [0.29, 0.717) is 0 Å². The Hall–Kier alpha value is -1.06. The van der Waals surface area contributed by atoms with Crippen molar-refractivity contribution in [1.29, 1.82) is 0 Å². The van der Waals surface area contributed by atoms with Crippen LogP contribution in [0.5, 0.6) is 0 Å². The molecule has 4 heteroatoms. The highest BCUT2D eigenvalue weighted by atomic mass is 16.5. The molecule has 1 saturated carbocycles. The summed E-state index contributed by atoms with van der Waals surface area (Å²) >= 11 is 0. The maximum atomic E-state index is 11.1. The number of rotatable bonds is 4. The lowest BCUT2D eigenvalue weighted by Gasteiger charge is -2.26. The normalized spacial score (nSPS) is 19.5. The van der Waals surface area contributed by atoms with Gasteiger partial charge in [-0.2, -0.15) is 0 Å². The molecule has 1 aliphatic rings. The summed E-state index contributed by atoms with van der Waals surface area (Å²) in [5.74, 6) is -1.70. The fourth-order valence-electron chi connectivity index (χ4n) is 2.26. The van der Waals surface area contributed by atoms with E-state index in [0.717, 1.165) is 25.7 Å². The summed E-state index contributed by atoms with van der Waals surface area (Å²) in [5.41, 5.74) is 0. The van der Waals surface area contributed by atoms with Crippen LogP contribution >= 0.6 is 0 Å². The van der Waals surface area contributed by atoms with Gasteiger partial charge in [-0.1, -0.05) is 19.3 Å². The van der Waals surface area contributed by atoms with Crippen LogP contribution in [0.25, 0.3) is 0 Å². The quantitative estimate of drug-likeness (QED) is 0.725. The van der Waals surface area contributed by atoms with Crippen LogP contribution in [0.4, 0.5) is 0 Å². The number of aliphatic carboxylic acids is 1. The Bertz CT molecular complexity index is 231. The van der Waals surface area contributed by atoms with Gasteiger partial charge >= 0.3 is 11.9 Å². The van der Waals surface area contributed by atoms with Crippen LogP contribution in [-0.2, 0) is 14.3 Å². The van der Waals surface area contributed by atoms with Crippen LogP contribution in [-0.4, -0.2) is 24.2 Å². The van der Waals surface area contributed by atoms with Crippen LogP contribution < -0.4 is 0 Å². The Kier molecular flexibility index (Phi) is 4.59. The van der Waals surface area contributed by atoms with Crippen molar-refractivity contribution in [3.05, 3.63) is 0 Å². The second-order valence-electron chi connectivity index (χ2n) is 4.12. The van der Waals surface area contributed by atoms with E-state index in [-0.39, 0.29) is 12.3 Å². The lowest BCUT2D eigenvalue weighted by Crippen LogP contribution is -2.28. The molecule has 15 heavy (non-hydrogen) atoms. The van der Waals surface area contributed by atoms with Gasteiger partial charge in [-0.15, -0.1) is 0 Å². The molecule has 1 N–H and O–H groups in total. The Morgan fingerprint density at radius 1 is 1.33 bits per heavy atom. The molecule has 0 aliphatic heterocycles. The van der Waals surface area contributed by atoms with Crippen molar-refractivity contribution >= 4 is 11.9 Å². The van der Waals surface area contributed by atoms with Crippen molar-refractivity contribution in [3.63, 3.8) is 0 Å². The van der Waals surface area contributed by atoms with Crippen molar-refractivity contribution in [1.82, 2.24) is 0 Å². The number of hydrogen-bond donors (Lipinski definition) is 1. The number of esters is 1. The van der Waals surface area contributed by atoms with Crippen molar-refractivity contribution in [2.45, 2.75) is 38.5 Å². The zero-order valence-electron chi connectivity index (χ0n) is 9.07.